The average Bonchev–Trinajstić information content (AvgIpc) is 3.01. The third-order valence-corrected chi connectivity index (χ3v) is 6.97. The zero-order valence-electron chi connectivity index (χ0n) is 21.9. The summed E-state index contributed by atoms with van der Waals surface area (Å²) in [5, 5.41) is 11.8. The topological polar surface area (TPSA) is 89.3 Å². The molecule has 4 aromatic rings. The van der Waals surface area contributed by atoms with Crippen molar-refractivity contribution in [3.63, 3.8) is 0 Å². The Kier molecular flexibility index (Phi) is 8.24. The van der Waals surface area contributed by atoms with E-state index in [9.17, 15) is 14.0 Å². The van der Waals surface area contributed by atoms with E-state index in [1.54, 1.807) is 48.7 Å². The molecule has 0 spiro atoms. The molecule has 1 N–H and O–H groups in total. The van der Waals surface area contributed by atoms with Gasteiger partial charge in [-0.25, -0.2) is 4.39 Å². The van der Waals surface area contributed by atoms with Gasteiger partial charge in [0.05, 0.1) is 22.9 Å². The molecule has 0 saturated carbocycles. The molecule has 2 amide bonds. The summed E-state index contributed by atoms with van der Waals surface area (Å²) in [4.78, 5) is 34.2. The molecule has 3 aromatic carbocycles. The SMILES string of the molecule is N#Cc1ccc(CNC(=O)c2ccc(-c3ccc(C(=O)N4CCN(Cc5ccc(F)cc5)CC4)cn3)cc2)cc1. The van der Waals surface area contributed by atoms with Crippen molar-refractivity contribution in [2.24, 2.45) is 0 Å². The smallest absolute Gasteiger partial charge is 0.255 e. The predicted octanol–water partition coefficient (Wildman–Crippen LogP) is 4.65. The maximum Gasteiger partial charge on any atom is 0.255 e. The lowest BCUT2D eigenvalue weighted by atomic mass is 10.1. The number of amides is 2. The molecule has 1 aliphatic rings. The number of hydrogen-bond donors (Lipinski definition) is 1. The molecule has 0 unspecified atom stereocenters. The van der Waals surface area contributed by atoms with Gasteiger partial charge in [0, 0.05) is 56.6 Å². The largest absolute Gasteiger partial charge is 0.348 e. The summed E-state index contributed by atoms with van der Waals surface area (Å²) in [5.41, 5.74) is 5.17. The lowest BCUT2D eigenvalue weighted by Gasteiger charge is -2.34. The van der Waals surface area contributed by atoms with E-state index in [-0.39, 0.29) is 17.6 Å². The molecule has 2 heterocycles. The Bertz CT molecular complexity index is 1500. The third-order valence-electron chi connectivity index (χ3n) is 6.97. The molecule has 0 bridgehead atoms. The van der Waals surface area contributed by atoms with E-state index >= 15 is 0 Å². The Labute approximate surface area is 232 Å². The summed E-state index contributed by atoms with van der Waals surface area (Å²) < 4.78 is 13.1. The number of halogens is 1. The standard InChI is InChI=1S/C32H28FN5O2/c33-29-12-5-25(6-13-29)22-37-15-17-38(18-16-37)32(40)28-11-14-30(35-21-28)26-7-9-27(10-8-26)31(39)36-20-24-3-1-23(19-34)2-4-24/h1-14,21H,15-18,20,22H2,(H,36,39). The number of rotatable bonds is 7. The van der Waals surface area contributed by atoms with E-state index in [1.165, 1.54) is 12.1 Å². The van der Waals surface area contributed by atoms with Crippen LogP contribution in [0.1, 0.15) is 37.4 Å². The highest BCUT2D eigenvalue weighted by molar-refractivity contribution is 5.95. The minimum Gasteiger partial charge on any atom is -0.348 e. The number of benzene rings is 3. The molecule has 8 heteroatoms. The summed E-state index contributed by atoms with van der Waals surface area (Å²) in [7, 11) is 0. The summed E-state index contributed by atoms with van der Waals surface area (Å²) in [6.45, 7) is 3.85. The van der Waals surface area contributed by atoms with Crippen LogP contribution >= 0.6 is 0 Å². The molecule has 1 saturated heterocycles. The molecule has 1 aromatic heterocycles. The summed E-state index contributed by atoms with van der Waals surface area (Å²) in [5.74, 6) is -0.479. The van der Waals surface area contributed by atoms with Crippen LogP contribution in [0.2, 0.25) is 0 Å². The van der Waals surface area contributed by atoms with Crippen LogP contribution in [0.4, 0.5) is 4.39 Å². The fraction of sp³-hybridized carbons (Fsp3) is 0.188. The number of piperazine rings is 1. The Balaban J connectivity index is 1.12. The van der Waals surface area contributed by atoms with Gasteiger partial charge in [0.1, 0.15) is 5.82 Å². The van der Waals surface area contributed by atoms with Gasteiger partial charge in [-0.15, -0.1) is 0 Å². The quantitative estimate of drug-likeness (QED) is 0.374. The van der Waals surface area contributed by atoms with Crippen molar-refractivity contribution in [3.8, 4) is 17.3 Å². The second-order valence-corrected chi connectivity index (χ2v) is 9.70. The van der Waals surface area contributed by atoms with Gasteiger partial charge in [-0.3, -0.25) is 19.5 Å². The van der Waals surface area contributed by atoms with Gasteiger partial charge in [0.2, 0.25) is 0 Å². The fourth-order valence-electron chi connectivity index (χ4n) is 4.60. The van der Waals surface area contributed by atoms with Crippen LogP contribution in [0.3, 0.4) is 0 Å². The second-order valence-electron chi connectivity index (χ2n) is 9.70. The lowest BCUT2D eigenvalue weighted by Crippen LogP contribution is -2.48. The second kappa shape index (κ2) is 12.3. The van der Waals surface area contributed by atoms with Gasteiger partial charge in [-0.1, -0.05) is 36.4 Å². The van der Waals surface area contributed by atoms with Crippen LogP contribution in [-0.2, 0) is 13.1 Å². The average molecular weight is 534 g/mol. The van der Waals surface area contributed by atoms with Crippen LogP contribution in [-0.4, -0.2) is 52.8 Å². The van der Waals surface area contributed by atoms with E-state index in [0.717, 1.165) is 36.3 Å². The lowest BCUT2D eigenvalue weighted by molar-refractivity contribution is 0.0628. The molecule has 40 heavy (non-hydrogen) atoms. The Hall–Kier alpha value is -4.87. The van der Waals surface area contributed by atoms with E-state index in [4.69, 9.17) is 5.26 Å². The molecule has 7 nitrogen and oxygen atoms in total. The van der Waals surface area contributed by atoms with Gasteiger partial charge in [0.15, 0.2) is 0 Å². The maximum atomic E-state index is 13.1. The van der Waals surface area contributed by atoms with Crippen molar-refractivity contribution in [1.29, 1.82) is 5.26 Å². The van der Waals surface area contributed by atoms with Crippen LogP contribution in [0.15, 0.2) is 91.1 Å². The number of carbonyl (C=O) groups is 2. The van der Waals surface area contributed by atoms with Gasteiger partial charge in [-0.2, -0.15) is 5.26 Å². The molecule has 1 fully saturated rings. The first-order valence-electron chi connectivity index (χ1n) is 13.1. The first-order chi connectivity index (χ1) is 19.5. The predicted molar refractivity (Wildman–Crippen MR) is 150 cm³/mol. The van der Waals surface area contributed by atoms with Crippen molar-refractivity contribution in [2.45, 2.75) is 13.1 Å². The first kappa shape index (κ1) is 26.7. The van der Waals surface area contributed by atoms with Gasteiger partial charge in [-0.05, 0) is 59.7 Å². The number of aromatic nitrogens is 1. The third kappa shape index (κ3) is 6.57. The summed E-state index contributed by atoms with van der Waals surface area (Å²) in [6.07, 6.45) is 1.60. The van der Waals surface area contributed by atoms with Crippen LogP contribution in [0.25, 0.3) is 11.3 Å². The number of hydrogen-bond acceptors (Lipinski definition) is 5. The van der Waals surface area contributed by atoms with Gasteiger partial charge in [0.25, 0.3) is 11.8 Å². The van der Waals surface area contributed by atoms with Gasteiger partial charge >= 0.3 is 0 Å². The monoisotopic (exact) mass is 533 g/mol. The maximum absolute atomic E-state index is 13.1. The van der Waals surface area contributed by atoms with E-state index < -0.39 is 0 Å². The summed E-state index contributed by atoms with van der Waals surface area (Å²) in [6, 6.07) is 26.4. The van der Waals surface area contributed by atoms with E-state index in [2.05, 4.69) is 21.3 Å². The highest BCUT2D eigenvalue weighted by atomic mass is 19.1. The zero-order valence-corrected chi connectivity index (χ0v) is 21.9. The van der Waals surface area contributed by atoms with E-state index in [1.807, 2.05) is 35.2 Å². The Morgan fingerprint density at radius 2 is 1.48 bits per heavy atom. The molecule has 200 valence electrons. The molecular formula is C32H28FN5O2. The number of nitrogens with zero attached hydrogens (tertiary/aromatic N) is 4. The van der Waals surface area contributed by atoms with Crippen molar-refractivity contribution in [3.05, 3.63) is 125 Å². The van der Waals surface area contributed by atoms with Crippen LogP contribution < -0.4 is 5.32 Å². The Morgan fingerprint density at radius 3 is 2.10 bits per heavy atom. The Morgan fingerprint density at radius 1 is 0.825 bits per heavy atom. The molecule has 1 aliphatic heterocycles. The van der Waals surface area contributed by atoms with Gasteiger partial charge < -0.3 is 10.2 Å². The van der Waals surface area contributed by atoms with Crippen molar-refractivity contribution in [1.82, 2.24) is 20.1 Å². The number of nitriles is 1. The number of carbonyl (C=O) groups excluding carboxylic acids is 2. The first-order valence-corrected chi connectivity index (χ1v) is 13.1. The molecule has 0 radical (unpaired) electrons. The van der Waals surface area contributed by atoms with Crippen LogP contribution in [0.5, 0.6) is 0 Å². The summed E-state index contributed by atoms with van der Waals surface area (Å²) >= 11 is 0. The molecular weight excluding hydrogens is 505 g/mol. The zero-order chi connectivity index (χ0) is 27.9. The number of pyridine rings is 1. The normalized spacial score (nSPS) is 13.4. The molecule has 5 rings (SSSR count). The molecule has 0 atom stereocenters. The van der Waals surface area contributed by atoms with Crippen molar-refractivity contribution < 1.29 is 14.0 Å². The minimum atomic E-state index is -0.240. The highest BCUT2D eigenvalue weighted by Gasteiger charge is 2.22. The van der Waals surface area contributed by atoms with Crippen molar-refractivity contribution >= 4 is 11.8 Å². The number of nitrogens with one attached hydrogen (secondary N) is 1. The fourth-order valence-corrected chi connectivity index (χ4v) is 4.60. The van der Waals surface area contributed by atoms with Crippen molar-refractivity contribution in [2.75, 3.05) is 26.2 Å². The van der Waals surface area contributed by atoms with E-state index in [0.29, 0.717) is 42.0 Å². The highest BCUT2D eigenvalue weighted by Crippen LogP contribution is 2.19. The molecule has 0 aliphatic carbocycles. The van der Waals surface area contributed by atoms with Crippen LogP contribution in [0, 0.1) is 17.1 Å². The minimum absolute atomic E-state index is 0.0465.